The van der Waals surface area contributed by atoms with Gasteiger partial charge in [-0.25, -0.2) is 9.67 Å². The summed E-state index contributed by atoms with van der Waals surface area (Å²) in [5, 5.41) is 21.7. The Bertz CT molecular complexity index is 1110. The molecule has 12 heteroatoms. The van der Waals surface area contributed by atoms with Crippen molar-refractivity contribution in [3.63, 3.8) is 0 Å². The Kier molecular flexibility index (Phi) is 6.66. The minimum Gasteiger partial charge on any atom is -0.388 e. The van der Waals surface area contributed by atoms with Gasteiger partial charge in [0.05, 0.1) is 26.9 Å². The van der Waals surface area contributed by atoms with E-state index in [1.165, 1.54) is 10.9 Å². The van der Waals surface area contributed by atoms with Crippen molar-refractivity contribution in [2.75, 3.05) is 19.0 Å². The summed E-state index contributed by atoms with van der Waals surface area (Å²) in [7, 11) is 3.34. The van der Waals surface area contributed by atoms with Gasteiger partial charge in [0.2, 0.25) is 0 Å². The predicted octanol–water partition coefficient (Wildman–Crippen LogP) is 4.21. The van der Waals surface area contributed by atoms with E-state index in [9.17, 15) is 13.2 Å². The van der Waals surface area contributed by atoms with Crippen LogP contribution in [0.1, 0.15) is 16.8 Å². The van der Waals surface area contributed by atoms with Crippen LogP contribution in [0.5, 0.6) is 0 Å². The highest BCUT2D eigenvalue weighted by Gasteiger charge is 2.33. The monoisotopic (exact) mass is 455 g/mol. The average Bonchev–Trinajstić information content (AvgIpc) is 2.96. The maximum Gasteiger partial charge on any atom is 0.416 e. The Morgan fingerprint density at radius 1 is 1.23 bits per heavy atom. The normalized spacial score (nSPS) is 12.5. The first-order valence-electron chi connectivity index (χ1n) is 8.09. The molecule has 0 spiro atoms. The lowest BCUT2D eigenvalue weighted by Crippen LogP contribution is -2.16. The van der Waals surface area contributed by atoms with Crippen LogP contribution in [0.2, 0.25) is 10.0 Å². The van der Waals surface area contributed by atoms with Crippen molar-refractivity contribution in [1.29, 1.82) is 10.5 Å². The lowest BCUT2D eigenvalue weighted by atomic mass is 10.2. The fourth-order valence-corrected chi connectivity index (χ4v) is 3.18. The van der Waals surface area contributed by atoms with Crippen LogP contribution in [0.25, 0.3) is 5.69 Å². The van der Waals surface area contributed by atoms with E-state index in [2.05, 4.69) is 10.1 Å². The van der Waals surface area contributed by atoms with Gasteiger partial charge in [-0.05, 0) is 19.1 Å². The number of allylic oxidation sites excluding steroid dienone is 2. The molecule has 1 heterocycles. The van der Waals surface area contributed by atoms with Crippen molar-refractivity contribution >= 4 is 35.2 Å². The summed E-state index contributed by atoms with van der Waals surface area (Å²) in [6, 6.07) is 4.87. The number of aryl methyl sites for hydroxylation is 1. The molecule has 30 heavy (non-hydrogen) atoms. The third kappa shape index (κ3) is 4.51. The van der Waals surface area contributed by atoms with Crippen LogP contribution in [-0.4, -0.2) is 30.1 Å². The molecule has 0 aliphatic heterocycles. The molecule has 0 aliphatic rings. The molecule has 0 saturated heterocycles. The lowest BCUT2D eigenvalue weighted by molar-refractivity contribution is -0.137. The Labute approximate surface area is 180 Å². The quantitative estimate of drug-likeness (QED) is 0.548. The molecule has 7 nitrogen and oxygen atoms in total. The second-order valence-electron chi connectivity index (χ2n) is 6.16. The topological polar surface area (TPSA) is 107 Å². The summed E-state index contributed by atoms with van der Waals surface area (Å²) < 4.78 is 40.4. The van der Waals surface area contributed by atoms with Crippen LogP contribution in [0.3, 0.4) is 0 Å². The number of nitrogens with zero attached hydrogens (tertiary/aromatic N) is 6. The molecular weight excluding hydrogens is 442 g/mol. The van der Waals surface area contributed by atoms with Gasteiger partial charge in [0.25, 0.3) is 0 Å². The molecule has 0 aliphatic carbocycles. The fraction of sp³-hybridized carbons (Fsp3) is 0.222. The highest BCUT2D eigenvalue weighted by atomic mass is 35.5. The van der Waals surface area contributed by atoms with E-state index >= 15 is 0 Å². The van der Waals surface area contributed by atoms with Crippen molar-refractivity contribution in [1.82, 2.24) is 9.78 Å². The molecule has 2 N–H and O–H groups in total. The van der Waals surface area contributed by atoms with Crippen LogP contribution >= 0.6 is 23.2 Å². The number of halogens is 5. The zero-order valence-corrected chi connectivity index (χ0v) is 17.4. The van der Waals surface area contributed by atoms with Crippen molar-refractivity contribution in [2.45, 2.75) is 13.1 Å². The number of alkyl halides is 3. The van der Waals surface area contributed by atoms with Crippen LogP contribution in [0.15, 0.2) is 28.5 Å². The molecule has 0 bridgehead atoms. The van der Waals surface area contributed by atoms with Crippen LogP contribution < -0.4 is 10.6 Å². The predicted molar refractivity (Wildman–Crippen MR) is 108 cm³/mol. The van der Waals surface area contributed by atoms with Gasteiger partial charge in [0, 0.05) is 20.3 Å². The van der Waals surface area contributed by atoms with Crippen molar-refractivity contribution in [2.24, 2.45) is 10.7 Å². The molecule has 0 atom stereocenters. The van der Waals surface area contributed by atoms with Gasteiger partial charge < -0.3 is 10.6 Å². The number of aliphatic imine (C=N–C) groups is 1. The third-order valence-corrected chi connectivity index (χ3v) is 4.44. The first kappa shape index (κ1) is 23.1. The van der Waals surface area contributed by atoms with Gasteiger partial charge in [-0.1, -0.05) is 23.2 Å². The van der Waals surface area contributed by atoms with Gasteiger partial charge >= 0.3 is 6.18 Å². The standard InChI is InChI=1S/C18H14Cl2F3N7/c1-9-11(8-27-15(7-25)14(26)6-24)17(29(2)3)30(28-9)16-12(19)4-10(5-13(16)20)18(21,22)23/h4-5,8H,26H2,1-3H3/b15-14-,27-8?. The summed E-state index contributed by atoms with van der Waals surface area (Å²) in [6.45, 7) is 1.63. The summed E-state index contributed by atoms with van der Waals surface area (Å²) in [5.74, 6) is 0.382. The molecule has 2 rings (SSSR count). The molecule has 0 radical (unpaired) electrons. The van der Waals surface area contributed by atoms with Crippen LogP contribution in [0, 0.1) is 29.6 Å². The zero-order valence-electron chi connectivity index (χ0n) is 15.9. The number of rotatable bonds is 4. The Morgan fingerprint density at radius 3 is 2.23 bits per heavy atom. The van der Waals surface area contributed by atoms with E-state index < -0.39 is 11.7 Å². The van der Waals surface area contributed by atoms with E-state index in [1.807, 2.05) is 0 Å². The molecule has 156 valence electrons. The first-order valence-corrected chi connectivity index (χ1v) is 8.85. The van der Waals surface area contributed by atoms with Gasteiger partial charge in [-0.15, -0.1) is 0 Å². The summed E-state index contributed by atoms with van der Waals surface area (Å²) >= 11 is 12.2. The molecule has 0 fully saturated rings. The smallest absolute Gasteiger partial charge is 0.388 e. The highest BCUT2D eigenvalue weighted by molar-refractivity contribution is 6.38. The number of nitriles is 2. The van der Waals surface area contributed by atoms with Crippen molar-refractivity contribution in [3.05, 3.63) is 50.4 Å². The number of benzene rings is 1. The SMILES string of the molecule is Cc1nn(-c2c(Cl)cc(C(F)(F)F)cc2Cl)c(N(C)C)c1C=N/C(C#N)=C(\N)C#N. The number of hydrogen-bond acceptors (Lipinski definition) is 6. The van der Waals surface area contributed by atoms with Crippen LogP contribution in [-0.2, 0) is 6.18 Å². The van der Waals surface area contributed by atoms with E-state index in [1.54, 1.807) is 38.1 Å². The van der Waals surface area contributed by atoms with Crippen LogP contribution in [0.4, 0.5) is 19.0 Å². The van der Waals surface area contributed by atoms with Gasteiger partial charge in [-0.2, -0.15) is 28.8 Å². The number of nitrogens with two attached hydrogens (primary N) is 1. The number of aromatic nitrogens is 2. The van der Waals surface area contributed by atoms with Gasteiger partial charge in [-0.3, -0.25) is 0 Å². The van der Waals surface area contributed by atoms with E-state index in [0.717, 1.165) is 12.1 Å². The summed E-state index contributed by atoms with van der Waals surface area (Å²) in [4.78, 5) is 5.56. The lowest BCUT2D eigenvalue weighted by Gasteiger charge is -2.18. The van der Waals surface area contributed by atoms with Gasteiger partial charge in [0.1, 0.15) is 29.3 Å². The molecular formula is C18H14Cl2F3N7. The number of anilines is 1. The van der Waals surface area contributed by atoms with Crippen molar-refractivity contribution < 1.29 is 13.2 Å². The summed E-state index contributed by atoms with van der Waals surface area (Å²) in [6.07, 6.45) is -3.34. The fourth-order valence-electron chi connectivity index (χ4n) is 2.54. The highest BCUT2D eigenvalue weighted by Crippen LogP contribution is 2.39. The second kappa shape index (κ2) is 8.66. The third-order valence-electron chi connectivity index (χ3n) is 3.87. The Balaban J connectivity index is 2.73. The van der Waals surface area contributed by atoms with E-state index in [-0.39, 0.29) is 27.1 Å². The maximum atomic E-state index is 13.0. The molecule has 1 aromatic heterocycles. The van der Waals surface area contributed by atoms with Gasteiger partial charge in [0.15, 0.2) is 5.70 Å². The molecule has 1 aromatic carbocycles. The molecule has 0 saturated carbocycles. The van der Waals surface area contributed by atoms with E-state index in [4.69, 9.17) is 39.5 Å². The maximum absolute atomic E-state index is 13.0. The Hall–Kier alpha value is -3.21. The minimum atomic E-state index is -4.62. The molecule has 0 amide bonds. The van der Waals surface area contributed by atoms with E-state index in [0.29, 0.717) is 17.1 Å². The largest absolute Gasteiger partial charge is 0.416 e. The average molecular weight is 456 g/mol. The first-order chi connectivity index (χ1) is 13.9. The second-order valence-corrected chi connectivity index (χ2v) is 6.97. The van der Waals surface area contributed by atoms with Crippen molar-refractivity contribution in [3.8, 4) is 17.8 Å². The number of hydrogen-bond donors (Lipinski definition) is 1. The Morgan fingerprint density at radius 2 is 1.80 bits per heavy atom. The summed E-state index contributed by atoms with van der Waals surface area (Å²) in [5.41, 5.74) is 4.68. The minimum absolute atomic E-state index is 0.0466. The molecule has 0 unspecified atom stereocenters. The molecule has 2 aromatic rings. The zero-order chi connectivity index (χ0) is 22.8.